The monoisotopic (exact) mass is 559 g/mol. The summed E-state index contributed by atoms with van der Waals surface area (Å²) in [5, 5.41) is 0. The van der Waals surface area contributed by atoms with E-state index in [4.69, 9.17) is 4.98 Å². The normalized spacial score (nSPS) is 20.8. The summed E-state index contributed by atoms with van der Waals surface area (Å²) in [7, 11) is 0. The average molecular weight is 563 g/mol. The minimum atomic E-state index is -3.16. The van der Waals surface area contributed by atoms with Gasteiger partial charge in [-0.15, -0.1) is 24.8 Å². The molecule has 1 aromatic rings. The number of rotatable bonds is 2. The van der Waals surface area contributed by atoms with Gasteiger partial charge >= 0.3 is 162 Å². The van der Waals surface area contributed by atoms with Crippen LogP contribution < -0.4 is 0 Å². The van der Waals surface area contributed by atoms with E-state index < -0.39 is 17.4 Å². The molecule has 1 aromatic heterocycles. The summed E-state index contributed by atoms with van der Waals surface area (Å²) in [6.07, 6.45) is 12.9. The maximum absolute atomic E-state index is 4.78. The number of hydrogen-bond donors (Lipinski definition) is 0. The molecule has 0 aliphatic heterocycles. The molecule has 1 nitrogen and oxygen atoms in total. The molecule has 0 amide bonds. The average Bonchev–Trinajstić information content (AvgIpc) is 3.15. The molecule has 27 heavy (non-hydrogen) atoms. The number of fused-ring (bicyclic) bond motifs is 2. The zero-order valence-electron chi connectivity index (χ0n) is 16.2. The number of allylic oxidation sites excluding steroid dienone is 9. The molecule has 0 N–H and O–H groups in total. The van der Waals surface area contributed by atoms with Gasteiger partial charge in [-0.25, -0.2) is 0 Å². The van der Waals surface area contributed by atoms with Crippen molar-refractivity contribution >= 4 is 53.7 Å². The molecule has 3 aliphatic rings. The van der Waals surface area contributed by atoms with Crippen molar-refractivity contribution in [3.05, 3.63) is 75.6 Å². The minimum Gasteiger partial charge on any atom is -0.147 e. The maximum Gasteiger partial charge on any atom is -0.147 e. The molecule has 4 rings (SSSR count). The van der Waals surface area contributed by atoms with Gasteiger partial charge in [-0.05, 0) is 0 Å². The van der Waals surface area contributed by atoms with Crippen LogP contribution in [-0.2, 0) is 17.4 Å². The first-order chi connectivity index (χ1) is 11.7. The summed E-state index contributed by atoms with van der Waals surface area (Å²) in [4.78, 5) is 4.78. The molecule has 1 heterocycles. The van der Waals surface area contributed by atoms with Crippen LogP contribution in [0.5, 0.6) is 0 Å². The van der Waals surface area contributed by atoms with Crippen molar-refractivity contribution in [2.45, 2.75) is 35.4 Å². The summed E-state index contributed by atoms with van der Waals surface area (Å²) in [6.45, 7) is 6.97. The molecule has 0 radical (unpaired) electrons. The second-order valence-corrected chi connectivity index (χ2v) is 37.9. The summed E-state index contributed by atoms with van der Waals surface area (Å²) in [6, 6.07) is 4.28. The fraction of sp³-hybridized carbons (Fsp3) is 0.286. The Morgan fingerprint density at radius 3 is 2.52 bits per heavy atom. The van der Waals surface area contributed by atoms with E-state index in [2.05, 4.69) is 88.4 Å². The van der Waals surface area contributed by atoms with Crippen molar-refractivity contribution in [2.24, 2.45) is 0 Å². The van der Waals surface area contributed by atoms with Gasteiger partial charge in [0.2, 0.25) is 0 Å². The predicted octanol–water partition coefficient (Wildman–Crippen LogP) is 6.58. The van der Waals surface area contributed by atoms with E-state index >= 15 is 0 Å². The van der Waals surface area contributed by atoms with Gasteiger partial charge in [0.15, 0.2) is 0 Å². The quantitative estimate of drug-likeness (QED) is 0.293. The number of aromatic nitrogens is 1. The van der Waals surface area contributed by atoms with Gasteiger partial charge in [0.25, 0.3) is 0 Å². The Morgan fingerprint density at radius 1 is 1.19 bits per heavy atom. The van der Waals surface area contributed by atoms with Crippen LogP contribution in [0.3, 0.4) is 0 Å². The van der Waals surface area contributed by atoms with Crippen molar-refractivity contribution < 1.29 is 17.4 Å². The second kappa shape index (κ2) is 7.69. The van der Waals surface area contributed by atoms with Crippen LogP contribution in [0.4, 0.5) is 0 Å². The van der Waals surface area contributed by atoms with Gasteiger partial charge in [-0.3, -0.25) is 0 Å². The Hall–Kier alpha value is 0.01000. The standard InChI is InChI=1S/C14H11BrN.C5H5.2CH3.2ClH.H2Si.Zr/c1-8-5-10-7-13-11(3-4-14(15)16-13)9(2)12(10)6-8;1-2-4-5-3-1;;;;;;/h3-4,6-7,9H,1-2H3;1-3H,4H2;2*1H3;2*1H;1H2;. The van der Waals surface area contributed by atoms with Gasteiger partial charge in [0, 0.05) is 0 Å². The Labute approximate surface area is 185 Å². The van der Waals surface area contributed by atoms with Crippen molar-refractivity contribution in [3.63, 3.8) is 0 Å². The smallest absolute Gasteiger partial charge is 0.147 e. The van der Waals surface area contributed by atoms with Gasteiger partial charge in [0.1, 0.15) is 0 Å². The van der Waals surface area contributed by atoms with E-state index in [0.717, 1.165) is 16.7 Å². The zero-order valence-corrected chi connectivity index (χ0v) is 23.3. The van der Waals surface area contributed by atoms with Crippen molar-refractivity contribution in [2.75, 3.05) is 0 Å². The number of halogens is 3. The Morgan fingerprint density at radius 2 is 1.89 bits per heavy atom. The molecule has 6 heteroatoms. The van der Waals surface area contributed by atoms with Crippen LogP contribution in [-0.4, -0.2) is 11.9 Å². The first-order valence-electron chi connectivity index (χ1n) is 8.93. The molecule has 3 aliphatic carbocycles. The molecule has 0 aromatic carbocycles. The van der Waals surface area contributed by atoms with Gasteiger partial charge in [-0.1, -0.05) is 0 Å². The SMILES string of the molecule is CC1=[C]([Zr]([CH3])([CH3])(=[SiH2])[C]2=CC=CC2)C2=Cc3nc(Br)ccc3C(C)C2=C1.Cl.Cl. The Kier molecular flexibility index (Phi) is 6.63. The van der Waals surface area contributed by atoms with E-state index in [1.165, 1.54) is 22.3 Å². The third-order valence-electron chi connectivity index (χ3n) is 6.09. The molecular weight excluding hydrogens is 536 g/mol. The second-order valence-electron chi connectivity index (χ2n) is 8.56. The minimum absolute atomic E-state index is 0. The molecule has 0 bridgehead atoms. The predicted molar refractivity (Wildman–Crippen MR) is 126 cm³/mol. The van der Waals surface area contributed by atoms with Crippen LogP contribution >= 0.6 is 40.7 Å². The molecule has 0 saturated carbocycles. The molecule has 0 fully saturated rings. The Bertz CT molecular complexity index is 1040. The van der Waals surface area contributed by atoms with E-state index in [9.17, 15) is 0 Å². The fourth-order valence-corrected chi connectivity index (χ4v) is 19.6. The summed E-state index contributed by atoms with van der Waals surface area (Å²) < 4.78 is 9.49. The van der Waals surface area contributed by atoms with Crippen LogP contribution in [0, 0.1) is 0 Å². The van der Waals surface area contributed by atoms with Gasteiger partial charge in [-0.2, -0.15) is 0 Å². The van der Waals surface area contributed by atoms with E-state index in [0.29, 0.717) is 5.92 Å². The van der Waals surface area contributed by atoms with Crippen LogP contribution in [0.1, 0.15) is 37.4 Å². The zero-order chi connectivity index (χ0) is 18.0. The van der Waals surface area contributed by atoms with E-state index in [-0.39, 0.29) is 24.8 Å². The van der Waals surface area contributed by atoms with E-state index in [1.54, 1.807) is 6.56 Å². The topological polar surface area (TPSA) is 12.9 Å². The van der Waals surface area contributed by atoms with Gasteiger partial charge < -0.3 is 0 Å². The summed E-state index contributed by atoms with van der Waals surface area (Å²) in [5.41, 5.74) is 6.93. The molecule has 0 spiro atoms. The van der Waals surface area contributed by atoms with Crippen LogP contribution in [0.2, 0.25) is 9.26 Å². The molecule has 1 unspecified atom stereocenters. The largest absolute Gasteiger partial charge is 0.147 e. The van der Waals surface area contributed by atoms with E-state index in [1.807, 2.05) is 0 Å². The molecular formula is C21H26BrCl2NSiZr. The maximum atomic E-state index is 4.78. The number of nitrogens with zero attached hydrogens (tertiary/aromatic N) is 1. The molecule has 144 valence electrons. The summed E-state index contributed by atoms with van der Waals surface area (Å²) in [5.74, 6) is 0.410. The van der Waals surface area contributed by atoms with Crippen LogP contribution in [0.15, 0.2) is 64.3 Å². The third-order valence-corrected chi connectivity index (χ3v) is 22.9. The first-order valence-corrected chi connectivity index (χ1v) is 23.0. The van der Waals surface area contributed by atoms with Crippen molar-refractivity contribution in [3.8, 4) is 0 Å². The number of pyridine rings is 1. The summed E-state index contributed by atoms with van der Waals surface area (Å²) >= 11 is 0.380. The van der Waals surface area contributed by atoms with Crippen molar-refractivity contribution in [1.29, 1.82) is 0 Å². The third kappa shape index (κ3) is 3.66. The molecule has 1 atom stereocenters. The first kappa shape index (κ1) is 23.3. The van der Waals surface area contributed by atoms with Crippen LogP contribution in [0.25, 0.3) is 6.08 Å². The van der Waals surface area contributed by atoms with Gasteiger partial charge in [0.05, 0.1) is 0 Å². The number of hydrogen-bond acceptors (Lipinski definition) is 1. The van der Waals surface area contributed by atoms with Crippen molar-refractivity contribution in [1.82, 2.24) is 4.98 Å². The molecule has 0 saturated heterocycles. The fourth-order valence-electron chi connectivity index (χ4n) is 4.77. The Balaban J connectivity index is 0.00000131.